The Morgan fingerprint density at radius 3 is 2.70 bits per heavy atom. The van der Waals surface area contributed by atoms with Crippen LogP contribution in [0.3, 0.4) is 0 Å². The van der Waals surface area contributed by atoms with Crippen LogP contribution in [0.25, 0.3) is 10.9 Å². The second-order valence-electron chi connectivity index (χ2n) is 5.09. The van der Waals surface area contributed by atoms with Crippen LogP contribution in [0.4, 0.5) is 5.69 Å². The first-order chi connectivity index (χ1) is 11.3. The van der Waals surface area contributed by atoms with Crippen molar-refractivity contribution in [2.75, 3.05) is 25.6 Å². The smallest absolute Gasteiger partial charge is 0.272 e. The summed E-state index contributed by atoms with van der Waals surface area (Å²) in [5, 5.41) is 3.79. The van der Waals surface area contributed by atoms with Crippen LogP contribution in [0.5, 0.6) is 5.75 Å². The van der Waals surface area contributed by atoms with Gasteiger partial charge in [-0.3, -0.25) is 4.79 Å². The van der Waals surface area contributed by atoms with E-state index in [4.69, 9.17) is 9.47 Å². The van der Waals surface area contributed by atoms with Crippen molar-refractivity contribution in [2.45, 2.75) is 0 Å². The Morgan fingerprint density at radius 1 is 1.09 bits per heavy atom. The molecule has 3 aromatic rings. The first kappa shape index (κ1) is 15.1. The summed E-state index contributed by atoms with van der Waals surface area (Å²) in [6.07, 6.45) is 0. The number of nitrogens with one attached hydrogen (secondary N) is 2. The number of amides is 1. The van der Waals surface area contributed by atoms with E-state index in [2.05, 4.69) is 10.3 Å². The molecule has 1 aromatic heterocycles. The van der Waals surface area contributed by atoms with Gasteiger partial charge in [-0.25, -0.2) is 0 Å². The third-order valence-corrected chi connectivity index (χ3v) is 3.42. The zero-order valence-electron chi connectivity index (χ0n) is 12.8. The van der Waals surface area contributed by atoms with Gasteiger partial charge in [0.15, 0.2) is 0 Å². The van der Waals surface area contributed by atoms with Gasteiger partial charge in [0, 0.05) is 23.7 Å². The second-order valence-corrected chi connectivity index (χ2v) is 5.09. The number of rotatable bonds is 6. The first-order valence-corrected chi connectivity index (χ1v) is 7.37. The second kappa shape index (κ2) is 6.98. The number of benzene rings is 2. The number of ether oxygens (including phenoxy) is 2. The van der Waals surface area contributed by atoms with E-state index in [1.807, 2.05) is 54.6 Å². The summed E-state index contributed by atoms with van der Waals surface area (Å²) >= 11 is 0. The number of carbonyl (C=O) groups excluding carboxylic acids is 1. The molecule has 23 heavy (non-hydrogen) atoms. The third-order valence-electron chi connectivity index (χ3n) is 3.42. The van der Waals surface area contributed by atoms with Crippen LogP contribution in [-0.2, 0) is 4.74 Å². The van der Waals surface area contributed by atoms with Crippen molar-refractivity contribution in [3.05, 3.63) is 60.3 Å². The fourth-order valence-corrected chi connectivity index (χ4v) is 2.29. The van der Waals surface area contributed by atoms with Gasteiger partial charge in [0.25, 0.3) is 5.91 Å². The van der Waals surface area contributed by atoms with Gasteiger partial charge in [0.2, 0.25) is 0 Å². The quantitative estimate of drug-likeness (QED) is 0.685. The van der Waals surface area contributed by atoms with Gasteiger partial charge in [0.05, 0.1) is 6.61 Å². The number of H-pyrrole nitrogens is 1. The molecule has 2 N–H and O–H groups in total. The van der Waals surface area contributed by atoms with Crippen molar-refractivity contribution in [1.29, 1.82) is 0 Å². The molecule has 0 aliphatic carbocycles. The number of aromatic nitrogens is 1. The molecule has 1 heterocycles. The standard InChI is InChI=1S/C18H18N2O3/c1-22-9-10-23-15-7-8-16-13(11-15)12-17(20-16)18(21)19-14-5-3-2-4-6-14/h2-8,11-12,20H,9-10H2,1H3,(H,19,21). The predicted octanol–water partition coefficient (Wildman–Crippen LogP) is 3.45. The molecular weight excluding hydrogens is 292 g/mol. The summed E-state index contributed by atoms with van der Waals surface area (Å²) < 4.78 is 10.5. The number of hydrogen-bond donors (Lipinski definition) is 2. The summed E-state index contributed by atoms with van der Waals surface area (Å²) in [7, 11) is 1.64. The minimum atomic E-state index is -0.172. The summed E-state index contributed by atoms with van der Waals surface area (Å²) in [5.41, 5.74) is 2.17. The molecule has 0 aliphatic rings. The van der Waals surface area contributed by atoms with Gasteiger partial charge in [-0.15, -0.1) is 0 Å². The van der Waals surface area contributed by atoms with Crippen molar-refractivity contribution >= 4 is 22.5 Å². The summed E-state index contributed by atoms with van der Waals surface area (Å²) in [6, 6.07) is 16.9. The van der Waals surface area contributed by atoms with Crippen LogP contribution in [-0.4, -0.2) is 31.2 Å². The van der Waals surface area contributed by atoms with Crippen molar-refractivity contribution < 1.29 is 14.3 Å². The van der Waals surface area contributed by atoms with Gasteiger partial charge in [-0.05, 0) is 36.4 Å². The van der Waals surface area contributed by atoms with Crippen LogP contribution >= 0.6 is 0 Å². The Morgan fingerprint density at radius 2 is 1.91 bits per heavy atom. The Hall–Kier alpha value is -2.79. The number of aromatic amines is 1. The molecule has 1 amide bonds. The van der Waals surface area contributed by atoms with Gasteiger partial charge in [0.1, 0.15) is 18.1 Å². The number of anilines is 1. The van der Waals surface area contributed by atoms with Crippen molar-refractivity contribution in [3.63, 3.8) is 0 Å². The summed E-state index contributed by atoms with van der Waals surface area (Å²) in [4.78, 5) is 15.4. The summed E-state index contributed by atoms with van der Waals surface area (Å²) in [5.74, 6) is 0.581. The molecule has 0 radical (unpaired) electrons. The number of fused-ring (bicyclic) bond motifs is 1. The first-order valence-electron chi connectivity index (χ1n) is 7.37. The fourth-order valence-electron chi connectivity index (χ4n) is 2.29. The highest BCUT2D eigenvalue weighted by atomic mass is 16.5. The number of para-hydroxylation sites is 1. The van der Waals surface area contributed by atoms with E-state index in [0.717, 1.165) is 22.3 Å². The zero-order chi connectivity index (χ0) is 16.1. The Labute approximate surface area is 134 Å². The molecule has 0 fully saturated rings. The van der Waals surface area contributed by atoms with Crippen LogP contribution in [0.1, 0.15) is 10.5 Å². The van der Waals surface area contributed by atoms with Crippen LogP contribution in [0, 0.1) is 0 Å². The lowest BCUT2D eigenvalue weighted by Crippen LogP contribution is -2.11. The lowest BCUT2D eigenvalue weighted by Gasteiger charge is -2.04. The Balaban J connectivity index is 1.75. The van der Waals surface area contributed by atoms with Crippen LogP contribution in [0.2, 0.25) is 0 Å². The predicted molar refractivity (Wildman–Crippen MR) is 90.1 cm³/mol. The number of carbonyl (C=O) groups is 1. The largest absolute Gasteiger partial charge is 0.491 e. The molecule has 0 bridgehead atoms. The molecule has 0 spiro atoms. The highest BCUT2D eigenvalue weighted by molar-refractivity contribution is 6.06. The Kier molecular flexibility index (Phi) is 4.59. The van der Waals surface area contributed by atoms with Crippen LogP contribution in [0.15, 0.2) is 54.6 Å². The van der Waals surface area contributed by atoms with Crippen molar-refractivity contribution in [3.8, 4) is 5.75 Å². The van der Waals surface area contributed by atoms with E-state index in [0.29, 0.717) is 18.9 Å². The Bertz CT molecular complexity index is 796. The molecule has 0 saturated heterocycles. The minimum Gasteiger partial charge on any atom is -0.491 e. The maximum absolute atomic E-state index is 12.3. The lowest BCUT2D eigenvalue weighted by atomic mass is 10.2. The minimum absolute atomic E-state index is 0.172. The fraction of sp³-hybridized carbons (Fsp3) is 0.167. The summed E-state index contributed by atoms with van der Waals surface area (Å²) in [6.45, 7) is 1.03. The van der Waals surface area contributed by atoms with E-state index in [1.165, 1.54) is 0 Å². The average Bonchev–Trinajstić information content (AvgIpc) is 2.99. The van der Waals surface area contributed by atoms with Crippen LogP contribution < -0.4 is 10.1 Å². The molecule has 0 atom stereocenters. The van der Waals surface area contributed by atoms with E-state index in [-0.39, 0.29) is 5.91 Å². The maximum atomic E-state index is 12.3. The van der Waals surface area contributed by atoms with Crippen molar-refractivity contribution in [2.24, 2.45) is 0 Å². The van der Waals surface area contributed by atoms with E-state index < -0.39 is 0 Å². The third kappa shape index (κ3) is 3.70. The van der Waals surface area contributed by atoms with Gasteiger partial charge in [-0.1, -0.05) is 18.2 Å². The molecule has 5 nitrogen and oxygen atoms in total. The highest BCUT2D eigenvalue weighted by Crippen LogP contribution is 2.22. The van der Waals surface area contributed by atoms with E-state index >= 15 is 0 Å². The molecule has 0 aliphatic heterocycles. The maximum Gasteiger partial charge on any atom is 0.272 e. The highest BCUT2D eigenvalue weighted by Gasteiger charge is 2.10. The van der Waals surface area contributed by atoms with Gasteiger partial charge in [-0.2, -0.15) is 0 Å². The molecule has 0 unspecified atom stereocenters. The molecular formula is C18H18N2O3. The van der Waals surface area contributed by atoms with Crippen molar-refractivity contribution in [1.82, 2.24) is 4.98 Å². The molecule has 118 valence electrons. The number of methoxy groups -OCH3 is 1. The number of hydrogen-bond acceptors (Lipinski definition) is 3. The molecule has 5 heteroatoms. The SMILES string of the molecule is COCCOc1ccc2[nH]c(C(=O)Nc3ccccc3)cc2c1. The van der Waals surface area contributed by atoms with E-state index in [9.17, 15) is 4.79 Å². The van der Waals surface area contributed by atoms with E-state index in [1.54, 1.807) is 7.11 Å². The average molecular weight is 310 g/mol. The molecule has 0 saturated carbocycles. The lowest BCUT2D eigenvalue weighted by molar-refractivity contribution is 0.102. The monoisotopic (exact) mass is 310 g/mol. The zero-order valence-corrected chi connectivity index (χ0v) is 12.8. The topological polar surface area (TPSA) is 63.4 Å². The molecule has 2 aromatic carbocycles. The normalized spacial score (nSPS) is 10.7. The van der Waals surface area contributed by atoms with Gasteiger partial charge < -0.3 is 19.8 Å². The van der Waals surface area contributed by atoms with Gasteiger partial charge >= 0.3 is 0 Å². The molecule has 3 rings (SSSR count).